The van der Waals surface area contributed by atoms with Crippen LogP contribution >= 0.6 is 7.37 Å². The van der Waals surface area contributed by atoms with Crippen LogP contribution in [0.5, 0.6) is 0 Å². The summed E-state index contributed by atoms with van der Waals surface area (Å²) >= 11 is 0. The molecule has 0 aliphatic carbocycles. The van der Waals surface area contributed by atoms with Crippen molar-refractivity contribution in [1.82, 2.24) is 0 Å². The van der Waals surface area contributed by atoms with Crippen LogP contribution in [-0.2, 0) is 9.09 Å². The van der Waals surface area contributed by atoms with Gasteiger partial charge in [0.15, 0.2) is 0 Å². The van der Waals surface area contributed by atoms with E-state index in [4.69, 9.17) is 4.52 Å². The van der Waals surface area contributed by atoms with E-state index in [0.29, 0.717) is 10.9 Å². The third kappa shape index (κ3) is 2.72. The Morgan fingerprint density at radius 2 is 1.57 bits per heavy atom. The molecular formula is C17H19O3P. The maximum absolute atomic E-state index is 13.2. The molecule has 0 heterocycles. The maximum Gasteiger partial charge on any atom is 0.300 e. The first kappa shape index (κ1) is 15.7. The lowest BCUT2D eigenvalue weighted by atomic mass is 10.1. The van der Waals surface area contributed by atoms with E-state index in [0.717, 1.165) is 16.7 Å². The summed E-state index contributed by atoms with van der Waals surface area (Å²) in [5.41, 5.74) is 2.93. The lowest BCUT2D eigenvalue weighted by molar-refractivity contribution is 0.106. The molecule has 4 heteroatoms. The van der Waals surface area contributed by atoms with Crippen molar-refractivity contribution in [2.24, 2.45) is 0 Å². The Labute approximate surface area is 125 Å². The molecule has 0 aliphatic heterocycles. The molecule has 0 spiro atoms. The molecule has 3 nitrogen and oxygen atoms in total. The smallest absolute Gasteiger partial charge is 0.300 e. The minimum atomic E-state index is -3.59. The predicted molar refractivity (Wildman–Crippen MR) is 85.7 cm³/mol. The number of hydrogen-bond donors (Lipinski definition) is 0. The monoisotopic (exact) mass is 302 g/mol. The van der Waals surface area contributed by atoms with Crippen molar-refractivity contribution in [2.45, 2.75) is 20.8 Å². The number of benzene rings is 2. The first-order chi connectivity index (χ1) is 9.91. The standard InChI is InChI=1S/C17H19O3P/c1-12-10-11-16(14(3)13(12)2)21(19,20-4)17(18)15-8-6-5-7-9-15/h5-11H,1-4H3. The summed E-state index contributed by atoms with van der Waals surface area (Å²) in [4.78, 5) is 12.7. The third-order valence-electron chi connectivity index (χ3n) is 3.89. The van der Waals surface area contributed by atoms with Crippen LogP contribution < -0.4 is 5.30 Å². The van der Waals surface area contributed by atoms with E-state index in [1.54, 1.807) is 30.3 Å². The minimum Gasteiger partial charge on any atom is -0.323 e. The fourth-order valence-electron chi connectivity index (χ4n) is 2.30. The Bertz CT molecular complexity index is 720. The number of carbonyl (C=O) groups is 1. The van der Waals surface area contributed by atoms with Crippen molar-refractivity contribution in [3.8, 4) is 0 Å². The topological polar surface area (TPSA) is 43.4 Å². The molecule has 0 amide bonds. The molecule has 0 N–H and O–H groups in total. The lowest BCUT2D eigenvalue weighted by Crippen LogP contribution is -2.18. The quantitative estimate of drug-likeness (QED) is 0.802. The Kier molecular flexibility index (Phi) is 4.46. The molecule has 0 aliphatic rings. The lowest BCUT2D eigenvalue weighted by Gasteiger charge is -2.19. The van der Waals surface area contributed by atoms with E-state index in [1.165, 1.54) is 7.11 Å². The highest BCUT2D eigenvalue weighted by Gasteiger charge is 2.36. The third-order valence-corrected chi connectivity index (χ3v) is 6.32. The number of aryl methyl sites for hydroxylation is 1. The molecule has 0 bridgehead atoms. The molecule has 2 rings (SSSR count). The molecule has 2 aromatic rings. The van der Waals surface area contributed by atoms with Gasteiger partial charge in [0.25, 0.3) is 5.52 Å². The Morgan fingerprint density at radius 3 is 2.14 bits per heavy atom. The summed E-state index contributed by atoms with van der Waals surface area (Å²) in [7, 11) is -2.26. The van der Waals surface area contributed by atoms with Crippen LogP contribution in [-0.4, -0.2) is 12.6 Å². The van der Waals surface area contributed by atoms with Crippen molar-refractivity contribution < 1.29 is 13.9 Å². The molecule has 21 heavy (non-hydrogen) atoms. The Morgan fingerprint density at radius 1 is 0.952 bits per heavy atom. The molecule has 110 valence electrons. The zero-order valence-corrected chi connectivity index (χ0v) is 13.6. The van der Waals surface area contributed by atoms with Crippen LogP contribution in [0.25, 0.3) is 0 Å². The molecule has 0 aromatic heterocycles. The Hall–Kier alpha value is -1.70. The zero-order chi connectivity index (χ0) is 15.6. The van der Waals surface area contributed by atoms with Crippen molar-refractivity contribution in [2.75, 3.05) is 7.11 Å². The second-order valence-electron chi connectivity index (χ2n) is 5.06. The van der Waals surface area contributed by atoms with Crippen molar-refractivity contribution in [3.63, 3.8) is 0 Å². The number of carbonyl (C=O) groups excluding carboxylic acids is 1. The van der Waals surface area contributed by atoms with E-state index < -0.39 is 12.9 Å². The van der Waals surface area contributed by atoms with Crippen molar-refractivity contribution >= 4 is 18.2 Å². The number of hydrogen-bond acceptors (Lipinski definition) is 3. The first-order valence-corrected chi connectivity index (χ1v) is 8.37. The van der Waals surface area contributed by atoms with Gasteiger partial charge in [-0.2, -0.15) is 0 Å². The molecule has 0 fully saturated rings. The van der Waals surface area contributed by atoms with Crippen LogP contribution in [0.1, 0.15) is 27.0 Å². The highest BCUT2D eigenvalue weighted by molar-refractivity contribution is 7.83. The first-order valence-electron chi connectivity index (χ1n) is 6.75. The fraction of sp³-hybridized carbons (Fsp3) is 0.235. The van der Waals surface area contributed by atoms with E-state index >= 15 is 0 Å². The number of rotatable bonds is 4. The second kappa shape index (κ2) is 5.97. The van der Waals surface area contributed by atoms with Crippen molar-refractivity contribution in [3.05, 3.63) is 64.7 Å². The van der Waals surface area contributed by atoms with Crippen molar-refractivity contribution in [1.29, 1.82) is 0 Å². The molecule has 0 saturated heterocycles. The fourth-order valence-corrected chi connectivity index (χ4v) is 4.25. The van der Waals surface area contributed by atoms with E-state index in [9.17, 15) is 9.36 Å². The zero-order valence-electron chi connectivity index (χ0n) is 12.7. The minimum absolute atomic E-state index is 0.403. The van der Waals surface area contributed by atoms with Gasteiger partial charge < -0.3 is 4.52 Å². The van der Waals surface area contributed by atoms with Crippen LogP contribution in [0.3, 0.4) is 0 Å². The van der Waals surface area contributed by atoms with Gasteiger partial charge in [0, 0.05) is 18.0 Å². The highest BCUT2D eigenvalue weighted by atomic mass is 31.2. The normalized spacial score (nSPS) is 13.7. The van der Waals surface area contributed by atoms with Crippen LogP contribution in [0.15, 0.2) is 42.5 Å². The summed E-state index contributed by atoms with van der Waals surface area (Å²) in [5.74, 6) is 0. The van der Waals surface area contributed by atoms with Gasteiger partial charge in [0.2, 0.25) is 0 Å². The summed E-state index contributed by atoms with van der Waals surface area (Å²) in [6.45, 7) is 5.83. The second-order valence-corrected chi connectivity index (χ2v) is 7.41. The average Bonchev–Trinajstić information content (AvgIpc) is 2.52. The van der Waals surface area contributed by atoms with E-state index in [-0.39, 0.29) is 0 Å². The van der Waals surface area contributed by atoms with Gasteiger partial charge in [0.1, 0.15) is 0 Å². The van der Waals surface area contributed by atoms with Gasteiger partial charge in [-0.1, -0.05) is 36.4 Å². The summed E-state index contributed by atoms with van der Waals surface area (Å²) < 4.78 is 18.4. The van der Waals surface area contributed by atoms with Gasteiger partial charge in [-0.05, 0) is 43.5 Å². The molecular weight excluding hydrogens is 283 g/mol. The van der Waals surface area contributed by atoms with Gasteiger partial charge in [0.05, 0.1) is 0 Å². The summed E-state index contributed by atoms with van der Waals surface area (Å²) in [6.07, 6.45) is 0. The predicted octanol–water partition coefficient (Wildman–Crippen LogP) is 4.00. The summed E-state index contributed by atoms with van der Waals surface area (Å²) in [6, 6.07) is 12.2. The van der Waals surface area contributed by atoms with Crippen LogP contribution in [0.2, 0.25) is 0 Å². The molecule has 2 aromatic carbocycles. The molecule has 0 radical (unpaired) electrons. The average molecular weight is 302 g/mol. The van der Waals surface area contributed by atoms with Gasteiger partial charge in [-0.15, -0.1) is 0 Å². The highest BCUT2D eigenvalue weighted by Crippen LogP contribution is 2.49. The van der Waals surface area contributed by atoms with Gasteiger partial charge in [-0.25, -0.2) is 0 Å². The van der Waals surface area contributed by atoms with E-state index in [1.807, 2.05) is 32.9 Å². The summed E-state index contributed by atoms with van der Waals surface area (Å²) in [5, 5.41) is 0.488. The van der Waals surface area contributed by atoms with Gasteiger partial charge in [-0.3, -0.25) is 9.36 Å². The Balaban J connectivity index is 2.60. The molecule has 1 atom stereocenters. The van der Waals surface area contributed by atoms with Gasteiger partial charge >= 0.3 is 7.37 Å². The molecule has 0 saturated carbocycles. The SMILES string of the molecule is COP(=O)(C(=O)c1ccccc1)c1ccc(C)c(C)c1C. The van der Waals surface area contributed by atoms with Crippen LogP contribution in [0.4, 0.5) is 0 Å². The van der Waals surface area contributed by atoms with E-state index in [2.05, 4.69) is 0 Å². The largest absolute Gasteiger partial charge is 0.323 e. The maximum atomic E-state index is 13.2. The van der Waals surface area contributed by atoms with Crippen LogP contribution in [0, 0.1) is 20.8 Å². The molecule has 1 unspecified atom stereocenters.